The Labute approximate surface area is 117 Å². The van der Waals surface area contributed by atoms with Crippen LogP contribution in [0.25, 0.3) is 0 Å². The number of benzene rings is 1. The number of alkyl halides is 3. The van der Waals surface area contributed by atoms with Crippen LogP contribution in [-0.2, 0) is 5.60 Å². The topological polar surface area (TPSA) is 20.2 Å². The molecule has 0 bridgehead atoms. The summed E-state index contributed by atoms with van der Waals surface area (Å²) >= 11 is 0. The molecular weight excluding hydrogens is 265 g/mol. The summed E-state index contributed by atoms with van der Waals surface area (Å²) < 4.78 is 38.6. The Morgan fingerprint density at radius 1 is 1.20 bits per heavy atom. The van der Waals surface area contributed by atoms with Gasteiger partial charge in [-0.2, -0.15) is 13.2 Å². The van der Waals surface area contributed by atoms with Crippen molar-refractivity contribution in [3.63, 3.8) is 0 Å². The molecular formula is C16H21F3O. The Hall–Kier alpha value is -1.03. The summed E-state index contributed by atoms with van der Waals surface area (Å²) in [5, 5.41) is 10.6. The molecule has 2 atom stereocenters. The van der Waals surface area contributed by atoms with E-state index in [2.05, 4.69) is 13.8 Å². The maximum absolute atomic E-state index is 12.9. The van der Waals surface area contributed by atoms with Crippen LogP contribution in [0.1, 0.15) is 56.6 Å². The summed E-state index contributed by atoms with van der Waals surface area (Å²) in [4.78, 5) is 0. The largest absolute Gasteiger partial charge is 0.391 e. The molecule has 0 amide bonds. The first-order valence-electron chi connectivity index (χ1n) is 7.12. The summed E-state index contributed by atoms with van der Waals surface area (Å²) in [6.45, 7) is 4.12. The molecule has 4 heteroatoms. The van der Waals surface area contributed by atoms with Crippen molar-refractivity contribution in [1.29, 1.82) is 0 Å². The van der Waals surface area contributed by atoms with Crippen LogP contribution in [0.4, 0.5) is 13.2 Å². The van der Waals surface area contributed by atoms with E-state index >= 15 is 0 Å². The summed E-state index contributed by atoms with van der Waals surface area (Å²) in [7, 11) is 0. The van der Waals surface area contributed by atoms with Gasteiger partial charge in [0.1, 0.15) is 0 Å². The molecule has 0 aromatic heterocycles. The van der Waals surface area contributed by atoms with Gasteiger partial charge in [0.15, 0.2) is 0 Å². The lowest BCUT2D eigenvalue weighted by atomic mass is 9.74. The molecule has 0 radical (unpaired) electrons. The molecule has 1 aliphatic rings. The molecule has 0 aliphatic heterocycles. The second kappa shape index (κ2) is 5.40. The van der Waals surface area contributed by atoms with Gasteiger partial charge in [-0.25, -0.2) is 0 Å². The van der Waals surface area contributed by atoms with Gasteiger partial charge in [-0.15, -0.1) is 0 Å². The van der Waals surface area contributed by atoms with Gasteiger partial charge in [0.05, 0.1) is 11.5 Å². The Bertz CT molecular complexity index is 450. The molecule has 0 spiro atoms. The van der Waals surface area contributed by atoms with Crippen molar-refractivity contribution in [1.82, 2.24) is 0 Å². The van der Waals surface area contributed by atoms with Crippen LogP contribution in [0, 0.1) is 5.92 Å². The number of aliphatic hydroxyl groups is 1. The van der Waals surface area contributed by atoms with Crippen LogP contribution in [0.3, 0.4) is 0 Å². The second-order valence-corrected chi connectivity index (χ2v) is 6.14. The van der Waals surface area contributed by atoms with Gasteiger partial charge in [0.25, 0.3) is 0 Å². The lowest BCUT2D eigenvalue weighted by Gasteiger charge is -2.38. The molecule has 112 valence electrons. The average molecular weight is 286 g/mol. The van der Waals surface area contributed by atoms with Gasteiger partial charge in [-0.3, -0.25) is 0 Å². The van der Waals surface area contributed by atoms with E-state index in [4.69, 9.17) is 0 Å². The molecule has 1 saturated carbocycles. The predicted molar refractivity (Wildman–Crippen MR) is 72.4 cm³/mol. The zero-order valence-electron chi connectivity index (χ0n) is 11.9. The normalized spacial score (nSPS) is 27.9. The van der Waals surface area contributed by atoms with Crippen molar-refractivity contribution in [2.24, 2.45) is 5.92 Å². The predicted octanol–water partition coefficient (Wildman–Crippen LogP) is 4.75. The van der Waals surface area contributed by atoms with E-state index in [9.17, 15) is 18.3 Å². The highest BCUT2D eigenvalue weighted by atomic mass is 19.4. The molecule has 20 heavy (non-hydrogen) atoms. The van der Waals surface area contributed by atoms with Crippen molar-refractivity contribution in [3.8, 4) is 0 Å². The smallest absolute Gasteiger partial charge is 0.385 e. The van der Waals surface area contributed by atoms with Crippen molar-refractivity contribution < 1.29 is 18.3 Å². The maximum atomic E-state index is 12.9. The second-order valence-electron chi connectivity index (χ2n) is 6.14. The quantitative estimate of drug-likeness (QED) is 0.831. The fourth-order valence-corrected chi connectivity index (χ4v) is 2.97. The van der Waals surface area contributed by atoms with E-state index in [0.717, 1.165) is 5.56 Å². The standard InChI is InChI=1S/C16H21F3O/c1-11(2)12-5-7-13(8-6-12)15(20)9-3-4-14(10-15)16(17,18)19/h5-8,11,14,20H,3-4,9-10H2,1-2H3. The van der Waals surface area contributed by atoms with Crippen LogP contribution in [0.2, 0.25) is 0 Å². The SMILES string of the molecule is CC(C)c1ccc(C2(O)CCCC(C(F)(F)F)C2)cc1. The van der Waals surface area contributed by atoms with Crippen molar-refractivity contribution >= 4 is 0 Å². The molecule has 1 aliphatic carbocycles. The first-order valence-corrected chi connectivity index (χ1v) is 7.12. The Kier molecular flexibility index (Phi) is 4.14. The minimum absolute atomic E-state index is 0.121. The lowest BCUT2D eigenvalue weighted by molar-refractivity contribution is -0.201. The van der Waals surface area contributed by atoms with E-state index in [-0.39, 0.29) is 12.8 Å². The van der Waals surface area contributed by atoms with E-state index in [1.165, 1.54) is 0 Å². The van der Waals surface area contributed by atoms with Crippen LogP contribution in [0.15, 0.2) is 24.3 Å². The van der Waals surface area contributed by atoms with Gasteiger partial charge in [0.2, 0.25) is 0 Å². The molecule has 1 aromatic carbocycles. The van der Waals surface area contributed by atoms with E-state index in [1.54, 1.807) is 12.1 Å². The molecule has 1 nitrogen and oxygen atoms in total. The number of halogens is 3. The summed E-state index contributed by atoms with van der Waals surface area (Å²) in [6, 6.07) is 7.34. The molecule has 2 unspecified atom stereocenters. The summed E-state index contributed by atoms with van der Waals surface area (Å²) in [6.07, 6.45) is -3.51. The summed E-state index contributed by atoms with van der Waals surface area (Å²) in [5.41, 5.74) is 0.393. The third-order valence-corrected chi connectivity index (χ3v) is 4.30. The maximum Gasteiger partial charge on any atom is 0.391 e. The number of hydrogen-bond donors (Lipinski definition) is 1. The van der Waals surface area contributed by atoms with Gasteiger partial charge < -0.3 is 5.11 Å². The van der Waals surface area contributed by atoms with E-state index in [0.29, 0.717) is 24.3 Å². The highest BCUT2D eigenvalue weighted by Gasteiger charge is 2.47. The minimum Gasteiger partial charge on any atom is -0.385 e. The van der Waals surface area contributed by atoms with Gasteiger partial charge in [-0.1, -0.05) is 38.1 Å². The van der Waals surface area contributed by atoms with Crippen LogP contribution < -0.4 is 0 Å². The zero-order valence-corrected chi connectivity index (χ0v) is 11.9. The number of hydrogen-bond acceptors (Lipinski definition) is 1. The fourth-order valence-electron chi connectivity index (χ4n) is 2.97. The lowest BCUT2D eigenvalue weighted by Crippen LogP contribution is -2.38. The van der Waals surface area contributed by atoms with Gasteiger partial charge >= 0.3 is 6.18 Å². The average Bonchev–Trinajstić information content (AvgIpc) is 2.38. The van der Waals surface area contributed by atoms with Crippen molar-refractivity contribution in [2.45, 2.75) is 57.2 Å². The van der Waals surface area contributed by atoms with Gasteiger partial charge in [0, 0.05) is 0 Å². The zero-order chi connectivity index (χ0) is 15.0. The Morgan fingerprint density at radius 2 is 1.80 bits per heavy atom. The molecule has 0 heterocycles. The first kappa shape index (κ1) is 15.4. The van der Waals surface area contributed by atoms with Crippen molar-refractivity contribution in [2.75, 3.05) is 0 Å². The molecule has 0 saturated heterocycles. The highest BCUT2D eigenvalue weighted by Crippen LogP contribution is 2.46. The van der Waals surface area contributed by atoms with Crippen LogP contribution in [0.5, 0.6) is 0 Å². The highest BCUT2D eigenvalue weighted by molar-refractivity contribution is 5.29. The minimum atomic E-state index is -4.22. The Balaban J connectivity index is 2.21. The Morgan fingerprint density at radius 3 is 2.30 bits per heavy atom. The van der Waals surface area contributed by atoms with Gasteiger partial charge in [-0.05, 0) is 42.7 Å². The molecule has 1 N–H and O–H groups in total. The molecule has 2 rings (SSSR count). The van der Waals surface area contributed by atoms with Crippen LogP contribution >= 0.6 is 0 Å². The van der Waals surface area contributed by atoms with Crippen molar-refractivity contribution in [3.05, 3.63) is 35.4 Å². The molecule has 1 aromatic rings. The fraction of sp³-hybridized carbons (Fsp3) is 0.625. The monoisotopic (exact) mass is 286 g/mol. The number of rotatable bonds is 2. The third-order valence-electron chi connectivity index (χ3n) is 4.30. The summed E-state index contributed by atoms with van der Waals surface area (Å²) in [5.74, 6) is -1.03. The van der Waals surface area contributed by atoms with E-state index < -0.39 is 17.7 Å². The molecule has 1 fully saturated rings. The third kappa shape index (κ3) is 3.17. The van der Waals surface area contributed by atoms with E-state index in [1.807, 2.05) is 12.1 Å². The first-order chi connectivity index (χ1) is 9.22. The van der Waals surface area contributed by atoms with Crippen LogP contribution in [-0.4, -0.2) is 11.3 Å².